The van der Waals surface area contributed by atoms with Crippen LogP contribution >= 0.6 is 0 Å². The van der Waals surface area contributed by atoms with Crippen LogP contribution in [0.4, 0.5) is 0 Å². The number of amides is 2. The maximum absolute atomic E-state index is 12.4. The molecule has 8 nitrogen and oxygen atoms in total. The van der Waals surface area contributed by atoms with E-state index in [0.717, 1.165) is 16.7 Å². The van der Waals surface area contributed by atoms with E-state index < -0.39 is 21.3 Å². The minimum Gasteiger partial charge on any atom is -0.348 e. The number of carbonyl (C=O) groups excluding carboxylic acids is 2. The lowest BCUT2D eigenvalue weighted by Gasteiger charge is -2.27. The van der Waals surface area contributed by atoms with Gasteiger partial charge in [0.25, 0.3) is 11.5 Å². The summed E-state index contributed by atoms with van der Waals surface area (Å²) in [4.78, 5) is 40.6. The highest BCUT2D eigenvalue weighted by Gasteiger charge is 2.21. The van der Waals surface area contributed by atoms with Gasteiger partial charge < -0.3 is 15.2 Å². The van der Waals surface area contributed by atoms with Gasteiger partial charge in [-0.3, -0.25) is 14.4 Å². The number of fused-ring (bicyclic) bond motifs is 1. The lowest BCUT2D eigenvalue weighted by Crippen LogP contribution is -2.37. The van der Waals surface area contributed by atoms with Crippen LogP contribution in [0.25, 0.3) is 0 Å². The molecule has 0 unspecified atom stereocenters. The maximum atomic E-state index is 12.4. The molecule has 0 bridgehead atoms. The van der Waals surface area contributed by atoms with Gasteiger partial charge in [0.05, 0.1) is 4.90 Å². The van der Waals surface area contributed by atoms with Crippen LogP contribution in [0.5, 0.6) is 0 Å². The first kappa shape index (κ1) is 20.5. The molecule has 0 atom stereocenters. The van der Waals surface area contributed by atoms with Gasteiger partial charge in [-0.15, -0.1) is 0 Å². The van der Waals surface area contributed by atoms with Gasteiger partial charge in [-0.05, 0) is 23.8 Å². The van der Waals surface area contributed by atoms with E-state index in [4.69, 9.17) is 0 Å². The SMILES string of the molecule is CC(=O)N1CCc2[nH]c(=O)c(C(=O)NC/C=C/S(=O)(=O)c3ccccc3)cc2C1. The Bertz CT molecular complexity index is 1120. The van der Waals surface area contributed by atoms with Crippen LogP contribution in [0.15, 0.2) is 57.6 Å². The van der Waals surface area contributed by atoms with Crippen LogP contribution < -0.4 is 10.9 Å². The van der Waals surface area contributed by atoms with E-state index in [-0.39, 0.29) is 22.9 Å². The monoisotopic (exact) mass is 415 g/mol. The molecule has 9 heteroatoms. The summed E-state index contributed by atoms with van der Waals surface area (Å²) in [5, 5.41) is 3.53. The number of nitrogens with zero attached hydrogens (tertiary/aromatic N) is 1. The fraction of sp³-hybridized carbons (Fsp3) is 0.250. The minimum absolute atomic E-state index is 0.0546. The van der Waals surface area contributed by atoms with E-state index >= 15 is 0 Å². The van der Waals surface area contributed by atoms with Crippen molar-refractivity contribution in [3.8, 4) is 0 Å². The van der Waals surface area contributed by atoms with Gasteiger partial charge in [0.1, 0.15) is 5.56 Å². The second-order valence-corrected chi connectivity index (χ2v) is 8.48. The molecule has 152 valence electrons. The Morgan fingerprint density at radius 1 is 1.24 bits per heavy atom. The van der Waals surface area contributed by atoms with Crippen LogP contribution in [-0.2, 0) is 27.6 Å². The Morgan fingerprint density at radius 3 is 2.66 bits per heavy atom. The van der Waals surface area contributed by atoms with Crippen LogP contribution in [0.1, 0.15) is 28.5 Å². The van der Waals surface area contributed by atoms with Crippen molar-refractivity contribution in [3.63, 3.8) is 0 Å². The summed E-state index contributed by atoms with van der Waals surface area (Å²) in [5.74, 6) is -0.687. The Morgan fingerprint density at radius 2 is 1.97 bits per heavy atom. The molecule has 1 aliphatic rings. The van der Waals surface area contributed by atoms with E-state index in [1.807, 2.05) is 0 Å². The number of aromatic amines is 1. The average molecular weight is 415 g/mol. The van der Waals surface area contributed by atoms with E-state index in [1.54, 1.807) is 23.1 Å². The number of nitrogens with one attached hydrogen (secondary N) is 2. The average Bonchev–Trinajstić information content (AvgIpc) is 2.70. The van der Waals surface area contributed by atoms with Gasteiger partial charge in [0.2, 0.25) is 5.91 Å². The smallest absolute Gasteiger partial charge is 0.261 e. The van der Waals surface area contributed by atoms with Crippen molar-refractivity contribution in [2.24, 2.45) is 0 Å². The van der Waals surface area contributed by atoms with Crippen molar-refractivity contribution in [1.82, 2.24) is 15.2 Å². The molecule has 0 saturated carbocycles. The summed E-state index contributed by atoms with van der Waals surface area (Å²) in [7, 11) is -3.59. The van der Waals surface area contributed by atoms with Gasteiger partial charge in [-0.1, -0.05) is 24.3 Å². The molecular weight excluding hydrogens is 394 g/mol. The highest BCUT2D eigenvalue weighted by molar-refractivity contribution is 7.94. The Kier molecular flexibility index (Phi) is 5.97. The topological polar surface area (TPSA) is 116 Å². The molecule has 29 heavy (non-hydrogen) atoms. The molecule has 0 radical (unpaired) electrons. The van der Waals surface area contributed by atoms with Gasteiger partial charge in [-0.25, -0.2) is 8.42 Å². The molecule has 0 spiro atoms. The number of benzene rings is 1. The van der Waals surface area contributed by atoms with Crippen molar-refractivity contribution in [2.45, 2.75) is 24.8 Å². The van der Waals surface area contributed by atoms with E-state index in [1.165, 1.54) is 31.2 Å². The standard InChI is InChI=1S/C20H21N3O5S/c1-14(24)23-10-8-18-15(13-23)12-17(20(26)22-18)19(25)21-9-5-11-29(27,28)16-6-3-2-4-7-16/h2-7,11-12H,8-10,13H2,1H3,(H,21,25)(H,22,26)/b11-5+. The summed E-state index contributed by atoms with van der Waals surface area (Å²) in [6.45, 7) is 2.27. The van der Waals surface area contributed by atoms with Crippen LogP contribution in [0.3, 0.4) is 0 Å². The summed E-state index contributed by atoms with van der Waals surface area (Å²) in [6.07, 6.45) is 1.83. The number of sulfone groups is 1. The van der Waals surface area contributed by atoms with E-state index in [2.05, 4.69) is 10.3 Å². The van der Waals surface area contributed by atoms with Crippen molar-refractivity contribution in [2.75, 3.05) is 13.1 Å². The first-order valence-corrected chi connectivity index (χ1v) is 10.6. The van der Waals surface area contributed by atoms with Crippen LogP contribution in [-0.4, -0.2) is 43.2 Å². The van der Waals surface area contributed by atoms with Crippen molar-refractivity contribution >= 4 is 21.7 Å². The predicted molar refractivity (Wildman–Crippen MR) is 107 cm³/mol. The third-order valence-electron chi connectivity index (χ3n) is 4.63. The summed E-state index contributed by atoms with van der Waals surface area (Å²) >= 11 is 0. The Balaban J connectivity index is 1.68. The van der Waals surface area contributed by atoms with Gasteiger partial charge >= 0.3 is 0 Å². The molecule has 1 aromatic carbocycles. The van der Waals surface area contributed by atoms with Gasteiger partial charge in [0.15, 0.2) is 9.84 Å². The highest BCUT2D eigenvalue weighted by Crippen LogP contribution is 2.17. The second-order valence-electron chi connectivity index (χ2n) is 6.65. The molecule has 0 fully saturated rings. The normalized spacial score (nSPS) is 13.9. The summed E-state index contributed by atoms with van der Waals surface area (Å²) < 4.78 is 24.3. The van der Waals surface area contributed by atoms with Crippen LogP contribution in [0.2, 0.25) is 0 Å². The second kappa shape index (κ2) is 8.44. The zero-order valence-corrected chi connectivity index (χ0v) is 16.7. The molecule has 1 aromatic heterocycles. The quantitative estimate of drug-likeness (QED) is 0.756. The zero-order valence-electron chi connectivity index (χ0n) is 15.8. The molecule has 3 rings (SSSR count). The third kappa shape index (κ3) is 4.80. The fourth-order valence-corrected chi connectivity index (χ4v) is 4.10. The molecule has 2 amide bonds. The number of aromatic nitrogens is 1. The van der Waals surface area contributed by atoms with Crippen LogP contribution in [0, 0.1) is 0 Å². The maximum Gasteiger partial charge on any atom is 0.261 e. The molecule has 2 aromatic rings. The fourth-order valence-electron chi connectivity index (χ4n) is 3.05. The third-order valence-corrected chi connectivity index (χ3v) is 6.11. The number of pyridine rings is 1. The summed E-state index contributed by atoms with van der Waals surface area (Å²) in [5.41, 5.74) is 0.850. The predicted octanol–water partition coefficient (Wildman–Crippen LogP) is 0.997. The number of rotatable bonds is 5. The first-order chi connectivity index (χ1) is 13.8. The molecular formula is C20H21N3O5S. The Labute approximate surface area is 168 Å². The summed E-state index contributed by atoms with van der Waals surface area (Å²) in [6, 6.07) is 9.42. The minimum atomic E-state index is -3.59. The Hall–Kier alpha value is -3.20. The highest BCUT2D eigenvalue weighted by atomic mass is 32.2. The number of carbonyl (C=O) groups is 2. The van der Waals surface area contributed by atoms with Crippen molar-refractivity contribution in [3.05, 3.63) is 75.1 Å². The molecule has 0 saturated heterocycles. The van der Waals surface area contributed by atoms with Crippen molar-refractivity contribution < 1.29 is 18.0 Å². The zero-order chi connectivity index (χ0) is 21.0. The molecule has 2 heterocycles. The number of H-pyrrole nitrogens is 1. The molecule has 2 N–H and O–H groups in total. The van der Waals surface area contributed by atoms with Crippen molar-refractivity contribution in [1.29, 1.82) is 0 Å². The van der Waals surface area contributed by atoms with E-state index in [9.17, 15) is 22.8 Å². The molecule has 0 aliphatic carbocycles. The van der Waals surface area contributed by atoms with E-state index in [0.29, 0.717) is 19.5 Å². The number of hydrogen-bond acceptors (Lipinski definition) is 5. The van der Waals surface area contributed by atoms with Gasteiger partial charge in [-0.2, -0.15) is 0 Å². The lowest BCUT2D eigenvalue weighted by molar-refractivity contribution is -0.129. The molecule has 1 aliphatic heterocycles. The first-order valence-electron chi connectivity index (χ1n) is 9.03. The van der Waals surface area contributed by atoms with Gasteiger partial charge in [0, 0.05) is 44.1 Å². The largest absolute Gasteiger partial charge is 0.348 e. The number of hydrogen-bond donors (Lipinski definition) is 2. The lowest BCUT2D eigenvalue weighted by atomic mass is 10.0.